The molecule has 2 aliphatic heterocycles. The zero-order valence-electron chi connectivity index (χ0n) is 43.0. The molecular formula is C54H76N10O6. The highest BCUT2D eigenvalue weighted by atomic mass is 16.3. The van der Waals surface area contributed by atoms with Crippen LogP contribution in [0.15, 0.2) is 30.6 Å². The van der Waals surface area contributed by atoms with Crippen molar-refractivity contribution >= 4 is 40.5 Å². The fraction of sp³-hybridized carbons (Fsp3) is 0.667. The summed E-state index contributed by atoms with van der Waals surface area (Å²) in [4.78, 5) is 69.6. The first-order valence-electron chi connectivity index (χ1n) is 26.4. The van der Waals surface area contributed by atoms with E-state index in [2.05, 4.69) is 45.9 Å². The van der Waals surface area contributed by atoms with Crippen LogP contribution in [0.5, 0.6) is 0 Å². The summed E-state index contributed by atoms with van der Waals surface area (Å²) >= 11 is 0. The fourth-order valence-electron chi connectivity index (χ4n) is 11.6. The van der Waals surface area contributed by atoms with Crippen molar-refractivity contribution in [2.45, 2.75) is 192 Å². The third-order valence-electron chi connectivity index (χ3n) is 16.3. The lowest BCUT2D eigenvalue weighted by Crippen LogP contribution is -2.65. The van der Waals surface area contributed by atoms with E-state index in [-0.39, 0.29) is 35.5 Å². The monoisotopic (exact) mass is 961 g/mol. The Morgan fingerprint density at radius 1 is 0.614 bits per heavy atom. The molecule has 2 saturated heterocycles. The van der Waals surface area contributed by atoms with E-state index in [0.29, 0.717) is 82.3 Å². The number of piperazine rings is 2. The number of carbonyl (C=O) groups is 4. The summed E-state index contributed by atoms with van der Waals surface area (Å²) in [7, 11) is 0. The molecule has 4 aliphatic carbocycles. The SMILES string of the molecule is CC(C)c1cc(C2=CCCCC2)nn2cc(C(=O)N3CCN(C(=O)C4(O)CCC4)CC3(C)C)nc12.CC(C)c1cc(C2CCCCC2)nn2cc(C(=O)N3CCN(C(=O)C4(O)CCC4)CC3(C)C)nc12. The molecule has 6 aliphatic rings. The molecule has 70 heavy (non-hydrogen) atoms. The van der Waals surface area contributed by atoms with Gasteiger partial charge in [0.15, 0.2) is 11.3 Å². The van der Waals surface area contributed by atoms with E-state index < -0.39 is 22.3 Å². The second-order valence-corrected chi connectivity index (χ2v) is 23.2. The van der Waals surface area contributed by atoms with Gasteiger partial charge in [0.05, 0.1) is 34.9 Å². The molecule has 0 bridgehead atoms. The van der Waals surface area contributed by atoms with Crippen LogP contribution in [0.2, 0.25) is 0 Å². The Bertz CT molecular complexity index is 2680. The predicted octanol–water partition coefficient (Wildman–Crippen LogP) is 7.67. The van der Waals surface area contributed by atoms with Gasteiger partial charge in [-0.3, -0.25) is 19.2 Å². The van der Waals surface area contributed by atoms with Crippen molar-refractivity contribution < 1.29 is 29.4 Å². The molecule has 2 N–H and O–H groups in total. The molecule has 378 valence electrons. The molecule has 4 aromatic rings. The van der Waals surface area contributed by atoms with Crippen LogP contribution in [0, 0.1) is 0 Å². The number of hydrogen-bond acceptors (Lipinski definition) is 10. The van der Waals surface area contributed by atoms with Crippen LogP contribution in [0.3, 0.4) is 0 Å². The Morgan fingerprint density at radius 2 is 1.10 bits per heavy atom. The van der Waals surface area contributed by atoms with Crippen LogP contribution in [-0.4, -0.2) is 144 Å². The first kappa shape index (κ1) is 49.7. The minimum Gasteiger partial charge on any atom is -0.380 e. The van der Waals surface area contributed by atoms with Crippen molar-refractivity contribution in [3.05, 3.63) is 64.5 Å². The average molecular weight is 961 g/mol. The highest BCUT2D eigenvalue weighted by Crippen LogP contribution is 2.38. The van der Waals surface area contributed by atoms with Crippen molar-refractivity contribution in [2.24, 2.45) is 0 Å². The number of hydrogen-bond donors (Lipinski definition) is 2. The summed E-state index contributed by atoms with van der Waals surface area (Å²) in [6, 6.07) is 4.34. The molecule has 3 saturated carbocycles. The molecular weight excluding hydrogens is 885 g/mol. The van der Waals surface area contributed by atoms with E-state index in [1.54, 1.807) is 26.7 Å². The maximum absolute atomic E-state index is 13.7. The smallest absolute Gasteiger partial charge is 0.274 e. The first-order chi connectivity index (χ1) is 33.2. The molecule has 16 heteroatoms. The Labute approximate surface area is 412 Å². The van der Waals surface area contributed by atoms with Gasteiger partial charge in [-0.2, -0.15) is 10.2 Å². The lowest BCUT2D eigenvalue weighted by Gasteiger charge is -2.49. The van der Waals surface area contributed by atoms with Crippen molar-refractivity contribution in [1.29, 1.82) is 0 Å². The minimum atomic E-state index is -1.21. The van der Waals surface area contributed by atoms with Gasteiger partial charge in [-0.15, -0.1) is 0 Å². The predicted molar refractivity (Wildman–Crippen MR) is 267 cm³/mol. The van der Waals surface area contributed by atoms with Gasteiger partial charge >= 0.3 is 0 Å². The van der Waals surface area contributed by atoms with Crippen LogP contribution in [0.25, 0.3) is 16.9 Å². The number of nitrogens with zero attached hydrogens (tertiary/aromatic N) is 10. The van der Waals surface area contributed by atoms with Crippen LogP contribution in [-0.2, 0) is 9.59 Å². The number of aliphatic hydroxyl groups is 2. The quantitative estimate of drug-likeness (QED) is 0.178. The lowest BCUT2D eigenvalue weighted by atomic mass is 9.78. The normalized spacial score (nSPS) is 22.1. The molecule has 4 aromatic heterocycles. The van der Waals surface area contributed by atoms with Gasteiger partial charge in [-0.05, 0) is 134 Å². The lowest BCUT2D eigenvalue weighted by molar-refractivity contribution is -0.164. The number of imidazole rings is 2. The number of fused-ring (bicyclic) bond motifs is 2. The minimum absolute atomic E-state index is 0.135. The van der Waals surface area contributed by atoms with Gasteiger partial charge in [0, 0.05) is 56.3 Å². The second kappa shape index (κ2) is 19.1. The van der Waals surface area contributed by atoms with Gasteiger partial charge in [-0.25, -0.2) is 19.0 Å². The number of rotatable bonds is 8. The van der Waals surface area contributed by atoms with Crippen molar-refractivity contribution in [2.75, 3.05) is 39.3 Å². The highest BCUT2D eigenvalue weighted by molar-refractivity contribution is 5.95. The van der Waals surface area contributed by atoms with Gasteiger partial charge in [0.25, 0.3) is 23.6 Å². The van der Waals surface area contributed by atoms with E-state index in [9.17, 15) is 29.4 Å². The molecule has 6 heterocycles. The number of allylic oxidation sites excluding steroid dienone is 2. The van der Waals surface area contributed by atoms with Crippen molar-refractivity contribution in [3.8, 4) is 0 Å². The molecule has 10 rings (SSSR count). The molecule has 5 fully saturated rings. The highest BCUT2D eigenvalue weighted by Gasteiger charge is 2.50. The van der Waals surface area contributed by atoms with Crippen LogP contribution in [0.4, 0.5) is 0 Å². The molecule has 0 spiro atoms. The van der Waals surface area contributed by atoms with Crippen molar-refractivity contribution in [3.63, 3.8) is 0 Å². The van der Waals surface area contributed by atoms with E-state index in [4.69, 9.17) is 20.2 Å². The van der Waals surface area contributed by atoms with E-state index in [1.165, 1.54) is 50.5 Å². The van der Waals surface area contributed by atoms with Gasteiger partial charge in [-0.1, -0.05) is 53.0 Å². The second-order valence-electron chi connectivity index (χ2n) is 23.2. The number of amides is 4. The van der Waals surface area contributed by atoms with Crippen LogP contribution in [0.1, 0.15) is 213 Å². The summed E-state index contributed by atoms with van der Waals surface area (Å²) in [5.41, 5.74) is 4.25. The summed E-state index contributed by atoms with van der Waals surface area (Å²) in [6.45, 7) is 18.9. The Kier molecular flexibility index (Phi) is 13.6. The Morgan fingerprint density at radius 3 is 1.53 bits per heavy atom. The third kappa shape index (κ3) is 9.50. The third-order valence-corrected chi connectivity index (χ3v) is 16.3. The molecule has 0 atom stereocenters. The molecule has 4 amide bonds. The molecule has 0 aromatic carbocycles. The van der Waals surface area contributed by atoms with E-state index in [1.807, 2.05) is 42.0 Å². The summed E-state index contributed by atoms with van der Waals surface area (Å²) in [5, 5.41) is 30.8. The summed E-state index contributed by atoms with van der Waals surface area (Å²) < 4.78 is 3.58. The standard InChI is InChI=1S/C27H39N5O3.C27H37N5O3/c2*1-18(2)20-15-21(19-9-6-5-7-10-19)29-32-16-22(28-23(20)32)24(33)31-14-13-30(17-26(31,3)4)25(34)27(35)11-8-12-27/h15-16,18-19,35H,5-14,17H2,1-4H3;9,15-16,18,35H,5-8,10-14,17H2,1-4H3. The maximum Gasteiger partial charge on any atom is 0.274 e. The fourth-order valence-corrected chi connectivity index (χ4v) is 11.6. The van der Waals surface area contributed by atoms with E-state index in [0.717, 1.165) is 59.5 Å². The van der Waals surface area contributed by atoms with Gasteiger partial charge in [0.1, 0.15) is 22.6 Å². The number of carbonyl (C=O) groups excluding carboxylic acids is 4. The van der Waals surface area contributed by atoms with Crippen LogP contribution < -0.4 is 0 Å². The largest absolute Gasteiger partial charge is 0.380 e. The molecule has 0 radical (unpaired) electrons. The summed E-state index contributed by atoms with van der Waals surface area (Å²) in [5.74, 6) is 0.312. The van der Waals surface area contributed by atoms with E-state index >= 15 is 0 Å². The number of aromatic nitrogens is 6. The summed E-state index contributed by atoms with van der Waals surface area (Å²) in [6.07, 6.45) is 20.3. The first-order valence-corrected chi connectivity index (χ1v) is 26.4. The zero-order chi connectivity index (χ0) is 49.9. The molecule has 16 nitrogen and oxygen atoms in total. The van der Waals surface area contributed by atoms with Gasteiger partial charge in [0.2, 0.25) is 0 Å². The topological polar surface area (TPSA) is 182 Å². The van der Waals surface area contributed by atoms with Crippen molar-refractivity contribution in [1.82, 2.24) is 48.8 Å². The zero-order valence-corrected chi connectivity index (χ0v) is 43.0. The average Bonchev–Trinajstić information content (AvgIpc) is 3.96. The Hall–Kier alpha value is -5.22. The maximum atomic E-state index is 13.7. The molecule has 0 unspecified atom stereocenters. The van der Waals surface area contributed by atoms with Crippen LogP contribution >= 0.6 is 0 Å². The van der Waals surface area contributed by atoms with Gasteiger partial charge < -0.3 is 29.8 Å². The Balaban J connectivity index is 0.000000174.